The number of thiazole rings is 1. The number of amides is 1. The number of methoxy groups -OCH3 is 1. The lowest BCUT2D eigenvalue weighted by Crippen LogP contribution is -2.34. The first-order valence-electron chi connectivity index (χ1n) is 8.09. The van der Waals surface area contributed by atoms with E-state index in [-0.39, 0.29) is 16.6 Å². The average molecular weight is 392 g/mol. The normalized spacial score (nSPS) is 10.9. The fourth-order valence-corrected chi connectivity index (χ4v) is 3.55. The lowest BCUT2D eigenvalue weighted by atomic mass is 10.3. The number of aromatic nitrogens is 2. The van der Waals surface area contributed by atoms with E-state index in [2.05, 4.69) is 9.97 Å². The van der Waals surface area contributed by atoms with Gasteiger partial charge in [-0.05, 0) is 25.1 Å². The van der Waals surface area contributed by atoms with Crippen LogP contribution in [0.25, 0.3) is 10.2 Å². The standard InChI is InChI=1S/C18H18ClN3O3S/c1-3-25-15-9-8-12(19)16(21-15)17(23)22(10-11-24-2)18-20-13-6-4-5-7-14(13)26-18/h4-9H,3,10-11H2,1-2H3. The molecule has 0 spiro atoms. The first-order valence-corrected chi connectivity index (χ1v) is 9.29. The maximum Gasteiger partial charge on any atom is 0.280 e. The zero-order valence-corrected chi connectivity index (χ0v) is 16.0. The molecule has 0 N–H and O–H groups in total. The van der Waals surface area contributed by atoms with Crippen molar-refractivity contribution in [2.75, 3.05) is 31.8 Å². The Kier molecular flexibility index (Phi) is 6.03. The Morgan fingerprint density at radius 2 is 2.04 bits per heavy atom. The Bertz CT molecular complexity index is 883. The first-order chi connectivity index (χ1) is 12.6. The van der Waals surface area contributed by atoms with Crippen LogP contribution in [0.15, 0.2) is 36.4 Å². The fourth-order valence-electron chi connectivity index (χ4n) is 2.37. The third kappa shape index (κ3) is 3.95. The second-order valence-corrected chi connectivity index (χ2v) is 6.74. The Labute approximate surface area is 160 Å². The molecule has 6 nitrogen and oxygen atoms in total. The third-order valence-electron chi connectivity index (χ3n) is 3.59. The molecule has 0 saturated heterocycles. The molecule has 136 valence electrons. The summed E-state index contributed by atoms with van der Waals surface area (Å²) in [7, 11) is 1.59. The van der Waals surface area contributed by atoms with E-state index in [1.807, 2.05) is 31.2 Å². The molecule has 0 atom stereocenters. The van der Waals surface area contributed by atoms with Gasteiger partial charge in [0.15, 0.2) is 10.8 Å². The lowest BCUT2D eigenvalue weighted by Gasteiger charge is -2.19. The van der Waals surface area contributed by atoms with Gasteiger partial charge in [0, 0.05) is 13.2 Å². The number of fused-ring (bicyclic) bond motifs is 1. The monoisotopic (exact) mass is 391 g/mol. The average Bonchev–Trinajstić information content (AvgIpc) is 3.07. The third-order valence-corrected chi connectivity index (χ3v) is 4.96. The van der Waals surface area contributed by atoms with E-state index >= 15 is 0 Å². The summed E-state index contributed by atoms with van der Waals surface area (Å²) >= 11 is 7.66. The largest absolute Gasteiger partial charge is 0.478 e. The van der Waals surface area contributed by atoms with Crippen LogP contribution in [0.5, 0.6) is 5.88 Å². The highest BCUT2D eigenvalue weighted by Gasteiger charge is 2.25. The van der Waals surface area contributed by atoms with Gasteiger partial charge in [-0.3, -0.25) is 9.69 Å². The van der Waals surface area contributed by atoms with E-state index in [1.165, 1.54) is 16.2 Å². The molecule has 0 radical (unpaired) electrons. The number of carbonyl (C=O) groups is 1. The van der Waals surface area contributed by atoms with E-state index in [4.69, 9.17) is 21.1 Å². The van der Waals surface area contributed by atoms with Crippen LogP contribution in [-0.2, 0) is 4.74 Å². The number of nitrogens with zero attached hydrogens (tertiary/aromatic N) is 3. The van der Waals surface area contributed by atoms with Gasteiger partial charge in [-0.1, -0.05) is 35.1 Å². The molecule has 8 heteroatoms. The number of carbonyl (C=O) groups excluding carboxylic acids is 1. The lowest BCUT2D eigenvalue weighted by molar-refractivity contribution is 0.0970. The number of benzene rings is 1. The van der Waals surface area contributed by atoms with Gasteiger partial charge >= 0.3 is 0 Å². The Balaban J connectivity index is 1.99. The molecule has 2 heterocycles. The molecule has 0 aliphatic rings. The minimum atomic E-state index is -0.340. The van der Waals surface area contributed by atoms with Gasteiger partial charge < -0.3 is 9.47 Å². The van der Waals surface area contributed by atoms with Crippen molar-refractivity contribution in [3.05, 3.63) is 47.1 Å². The fraction of sp³-hybridized carbons (Fsp3) is 0.278. The van der Waals surface area contributed by atoms with Gasteiger partial charge in [0.1, 0.15) is 0 Å². The Hall–Kier alpha value is -2.22. The summed E-state index contributed by atoms with van der Waals surface area (Å²) in [6.07, 6.45) is 0. The SMILES string of the molecule is CCOc1ccc(Cl)c(C(=O)N(CCOC)c2nc3ccccc3s2)n1. The number of para-hydroxylation sites is 1. The first kappa shape index (κ1) is 18.6. The van der Waals surface area contributed by atoms with Crippen LogP contribution in [0.4, 0.5) is 5.13 Å². The van der Waals surface area contributed by atoms with E-state index in [0.717, 1.165) is 10.2 Å². The topological polar surface area (TPSA) is 64.5 Å². The molecule has 0 bridgehead atoms. The van der Waals surface area contributed by atoms with Crippen molar-refractivity contribution in [3.63, 3.8) is 0 Å². The van der Waals surface area contributed by atoms with Gasteiger partial charge in [0.05, 0.1) is 35.0 Å². The van der Waals surface area contributed by atoms with Crippen LogP contribution in [0.2, 0.25) is 5.02 Å². The van der Waals surface area contributed by atoms with E-state index in [0.29, 0.717) is 30.8 Å². The highest BCUT2D eigenvalue weighted by Crippen LogP contribution is 2.30. The summed E-state index contributed by atoms with van der Waals surface area (Å²) in [6, 6.07) is 11.0. The minimum Gasteiger partial charge on any atom is -0.478 e. The van der Waals surface area contributed by atoms with Gasteiger partial charge in [-0.2, -0.15) is 0 Å². The Morgan fingerprint density at radius 3 is 2.77 bits per heavy atom. The van der Waals surface area contributed by atoms with Crippen LogP contribution in [0.1, 0.15) is 17.4 Å². The number of halogens is 1. The number of ether oxygens (including phenoxy) is 2. The molecular formula is C18H18ClN3O3S. The molecule has 2 aromatic heterocycles. The summed E-state index contributed by atoms with van der Waals surface area (Å²) in [6.45, 7) is 3.01. The number of anilines is 1. The number of hydrogen-bond donors (Lipinski definition) is 0. The van der Waals surface area contributed by atoms with Gasteiger partial charge in [-0.15, -0.1) is 0 Å². The second kappa shape index (κ2) is 8.44. The smallest absolute Gasteiger partial charge is 0.280 e. The van der Waals surface area contributed by atoms with Crippen LogP contribution in [0, 0.1) is 0 Å². The van der Waals surface area contributed by atoms with Crippen LogP contribution < -0.4 is 9.64 Å². The van der Waals surface area contributed by atoms with E-state index in [1.54, 1.807) is 19.2 Å². The highest BCUT2D eigenvalue weighted by molar-refractivity contribution is 7.22. The molecule has 0 unspecified atom stereocenters. The molecule has 3 aromatic rings. The second-order valence-electron chi connectivity index (χ2n) is 5.33. The van der Waals surface area contributed by atoms with Gasteiger partial charge in [0.25, 0.3) is 5.91 Å². The summed E-state index contributed by atoms with van der Waals surface area (Å²) < 4.78 is 11.5. The number of pyridine rings is 1. The highest BCUT2D eigenvalue weighted by atomic mass is 35.5. The zero-order valence-electron chi connectivity index (χ0n) is 14.4. The minimum absolute atomic E-state index is 0.132. The molecule has 0 saturated carbocycles. The van der Waals surface area contributed by atoms with Gasteiger partial charge in [0.2, 0.25) is 5.88 Å². The van der Waals surface area contributed by atoms with Crippen LogP contribution >= 0.6 is 22.9 Å². The predicted molar refractivity (Wildman–Crippen MR) is 104 cm³/mol. The van der Waals surface area contributed by atoms with E-state index < -0.39 is 0 Å². The summed E-state index contributed by atoms with van der Waals surface area (Å²) in [5, 5.41) is 0.843. The van der Waals surface area contributed by atoms with Gasteiger partial charge in [-0.25, -0.2) is 9.97 Å². The van der Waals surface area contributed by atoms with Crippen molar-refractivity contribution in [2.45, 2.75) is 6.92 Å². The summed E-state index contributed by atoms with van der Waals surface area (Å²) in [4.78, 5) is 23.5. The molecule has 3 rings (SSSR count). The summed E-state index contributed by atoms with van der Waals surface area (Å²) in [5.41, 5.74) is 0.970. The van der Waals surface area contributed by atoms with Crippen LogP contribution in [0.3, 0.4) is 0 Å². The van der Waals surface area contributed by atoms with Crippen molar-refractivity contribution >= 4 is 44.2 Å². The number of hydrogen-bond acceptors (Lipinski definition) is 6. The quantitative estimate of drug-likeness (QED) is 0.608. The number of rotatable bonds is 7. The molecule has 0 aliphatic heterocycles. The predicted octanol–water partition coefficient (Wildman–Crippen LogP) is 4.04. The van der Waals surface area contributed by atoms with Crippen molar-refractivity contribution in [1.82, 2.24) is 9.97 Å². The van der Waals surface area contributed by atoms with Crippen molar-refractivity contribution in [1.29, 1.82) is 0 Å². The maximum absolute atomic E-state index is 13.1. The molecule has 1 amide bonds. The van der Waals surface area contributed by atoms with Crippen molar-refractivity contribution in [3.8, 4) is 5.88 Å². The molecule has 0 fully saturated rings. The van der Waals surface area contributed by atoms with E-state index in [9.17, 15) is 4.79 Å². The van der Waals surface area contributed by atoms with Crippen molar-refractivity contribution in [2.24, 2.45) is 0 Å². The maximum atomic E-state index is 13.1. The summed E-state index contributed by atoms with van der Waals surface area (Å²) in [5.74, 6) is 0.0175. The van der Waals surface area contributed by atoms with Crippen molar-refractivity contribution < 1.29 is 14.3 Å². The molecule has 0 aliphatic carbocycles. The Morgan fingerprint density at radius 1 is 1.23 bits per heavy atom. The molecular weight excluding hydrogens is 374 g/mol. The zero-order chi connectivity index (χ0) is 18.5. The molecule has 26 heavy (non-hydrogen) atoms. The molecule has 1 aromatic carbocycles. The van der Waals surface area contributed by atoms with Crippen LogP contribution in [-0.4, -0.2) is 42.7 Å².